The molecule has 2 aliphatic carbocycles. The highest BCUT2D eigenvalue weighted by molar-refractivity contribution is 5.79. The van der Waals surface area contributed by atoms with Gasteiger partial charge in [-0.15, -0.1) is 0 Å². The smallest absolute Gasteiger partial charge is 0.345 e. The molecule has 2 saturated carbocycles. The van der Waals surface area contributed by atoms with Gasteiger partial charge in [0.05, 0.1) is 19.4 Å². The van der Waals surface area contributed by atoms with Crippen LogP contribution in [0.25, 0.3) is 0 Å². The lowest BCUT2D eigenvalue weighted by atomic mass is 9.91. The van der Waals surface area contributed by atoms with Crippen LogP contribution in [0, 0.1) is 0 Å². The van der Waals surface area contributed by atoms with Crippen molar-refractivity contribution < 1.29 is 14.3 Å². The normalized spacial score (nSPS) is 21.9. The molecular weight excluding hydrogens is 304 g/mol. The van der Waals surface area contributed by atoms with Crippen LogP contribution in [-0.4, -0.2) is 19.2 Å². The number of hydrogen-bond acceptors (Lipinski definition) is 3. The molecule has 0 atom stereocenters. The summed E-state index contributed by atoms with van der Waals surface area (Å²) >= 11 is 0. The lowest BCUT2D eigenvalue weighted by Crippen LogP contribution is -2.21. The van der Waals surface area contributed by atoms with Gasteiger partial charge < -0.3 is 14.8 Å². The molecule has 1 aliphatic heterocycles. The van der Waals surface area contributed by atoms with Gasteiger partial charge in [0.1, 0.15) is 0 Å². The Kier molecular flexibility index (Phi) is 3.87. The third-order valence-electron chi connectivity index (χ3n) is 5.36. The fourth-order valence-corrected chi connectivity index (χ4v) is 3.80. The minimum atomic E-state index is -0.263. The van der Waals surface area contributed by atoms with Crippen LogP contribution in [0.3, 0.4) is 0 Å². The number of nitrogens with zero attached hydrogens (tertiary/aromatic N) is 1. The van der Waals surface area contributed by atoms with Gasteiger partial charge in [-0.3, -0.25) is 0 Å². The Labute approximate surface area is 142 Å². The number of amides is 2. The van der Waals surface area contributed by atoms with Crippen molar-refractivity contribution in [3.05, 3.63) is 35.7 Å². The van der Waals surface area contributed by atoms with Gasteiger partial charge in [0.2, 0.25) is 0 Å². The molecule has 0 saturated heterocycles. The molecule has 5 nitrogen and oxygen atoms in total. The molecule has 127 valence electrons. The fourth-order valence-electron chi connectivity index (χ4n) is 3.80. The summed E-state index contributed by atoms with van der Waals surface area (Å²) < 4.78 is 11.7. The number of nitrogens with one attached hydrogen (secondary N) is 1. The van der Waals surface area contributed by atoms with Crippen molar-refractivity contribution in [2.75, 3.05) is 7.11 Å². The molecule has 24 heavy (non-hydrogen) atoms. The molecule has 1 radical (unpaired) electrons. The van der Waals surface area contributed by atoms with Gasteiger partial charge >= 0.3 is 6.03 Å². The van der Waals surface area contributed by atoms with Crippen LogP contribution >= 0.6 is 0 Å². The van der Waals surface area contributed by atoms with E-state index in [1.54, 1.807) is 13.3 Å². The summed E-state index contributed by atoms with van der Waals surface area (Å²) in [5.74, 6) is 1.65. The summed E-state index contributed by atoms with van der Waals surface area (Å²) in [4.78, 5) is 11.3. The minimum absolute atomic E-state index is 0.0963. The number of benzene rings is 1. The van der Waals surface area contributed by atoms with Crippen molar-refractivity contribution in [2.24, 2.45) is 0 Å². The summed E-state index contributed by atoms with van der Waals surface area (Å²) in [7, 11) is 1.68. The maximum absolute atomic E-state index is 11.3. The van der Waals surface area contributed by atoms with E-state index in [-0.39, 0.29) is 11.4 Å². The van der Waals surface area contributed by atoms with Crippen LogP contribution in [0.2, 0.25) is 0 Å². The lowest BCUT2D eigenvalue weighted by Gasteiger charge is -2.20. The maximum atomic E-state index is 11.3. The van der Waals surface area contributed by atoms with E-state index in [4.69, 9.17) is 9.47 Å². The Bertz CT molecular complexity index is 673. The van der Waals surface area contributed by atoms with Crippen LogP contribution in [0.4, 0.5) is 4.79 Å². The van der Waals surface area contributed by atoms with E-state index in [2.05, 4.69) is 22.8 Å². The van der Waals surface area contributed by atoms with Gasteiger partial charge in [0, 0.05) is 11.1 Å². The van der Waals surface area contributed by atoms with Crippen LogP contribution in [-0.2, 0) is 5.41 Å². The van der Waals surface area contributed by atoms with Crippen molar-refractivity contribution in [1.29, 1.82) is 0 Å². The molecule has 1 aromatic rings. The van der Waals surface area contributed by atoms with Crippen LogP contribution in [0.5, 0.6) is 11.5 Å². The molecule has 2 amide bonds. The molecule has 5 heteroatoms. The zero-order chi connectivity index (χ0) is 16.6. The monoisotopic (exact) mass is 327 g/mol. The third-order valence-corrected chi connectivity index (χ3v) is 5.36. The zero-order valence-electron chi connectivity index (χ0n) is 14.0. The first kappa shape index (κ1) is 15.4. The maximum Gasteiger partial charge on any atom is 0.345 e. The van der Waals surface area contributed by atoms with Crippen molar-refractivity contribution in [3.8, 4) is 11.5 Å². The first-order valence-corrected chi connectivity index (χ1v) is 8.75. The second-order valence-electron chi connectivity index (χ2n) is 7.06. The van der Waals surface area contributed by atoms with Crippen LogP contribution in [0.1, 0.15) is 50.5 Å². The van der Waals surface area contributed by atoms with E-state index in [0.29, 0.717) is 6.10 Å². The summed E-state index contributed by atoms with van der Waals surface area (Å²) in [6.45, 7) is 0. The Morgan fingerprint density at radius 3 is 2.67 bits per heavy atom. The molecule has 3 aliphatic rings. The minimum Gasteiger partial charge on any atom is -0.493 e. The molecule has 2 fully saturated rings. The van der Waals surface area contributed by atoms with Crippen molar-refractivity contribution in [3.63, 3.8) is 0 Å². The molecule has 0 bridgehead atoms. The predicted octanol–water partition coefficient (Wildman–Crippen LogP) is 3.61. The Morgan fingerprint density at radius 1 is 1.25 bits per heavy atom. The Balaban J connectivity index is 1.55. The Hall–Kier alpha value is -2.17. The van der Waals surface area contributed by atoms with Crippen molar-refractivity contribution >= 4 is 6.03 Å². The van der Waals surface area contributed by atoms with E-state index in [1.165, 1.54) is 18.4 Å². The SMILES string of the molecule is COc1ccc(C2(CC3=C[N]C(=O)N3)CC2)cc1OC1CCCC1. The standard InChI is InChI=1S/C19H23N2O3/c1-23-16-7-6-13(10-17(16)24-15-4-2-3-5-15)19(8-9-19)11-14-12-20-18(22)21-14/h6-7,10,12,15H,2-5,8-9,11H2,1H3,(H,21,22). The highest BCUT2D eigenvalue weighted by atomic mass is 16.5. The number of carbonyl (C=O) groups excluding carboxylic acids is 1. The first-order valence-electron chi connectivity index (χ1n) is 8.75. The summed E-state index contributed by atoms with van der Waals surface area (Å²) in [6.07, 6.45) is 9.75. The number of carbonyl (C=O) groups is 1. The van der Waals surface area contributed by atoms with E-state index in [9.17, 15) is 4.79 Å². The van der Waals surface area contributed by atoms with E-state index >= 15 is 0 Å². The average molecular weight is 327 g/mol. The summed E-state index contributed by atoms with van der Waals surface area (Å²) in [6, 6.07) is 6.01. The number of rotatable bonds is 6. The van der Waals surface area contributed by atoms with Gasteiger partial charge in [0.25, 0.3) is 0 Å². The van der Waals surface area contributed by atoms with Crippen molar-refractivity contribution in [1.82, 2.24) is 10.6 Å². The zero-order valence-corrected chi connectivity index (χ0v) is 14.0. The van der Waals surface area contributed by atoms with Gasteiger partial charge in [-0.05, 0) is 62.6 Å². The van der Waals surface area contributed by atoms with E-state index in [1.807, 2.05) is 6.07 Å². The number of hydrogen-bond donors (Lipinski definition) is 1. The van der Waals surface area contributed by atoms with Crippen LogP contribution in [0.15, 0.2) is 30.1 Å². The molecule has 0 spiro atoms. The Morgan fingerprint density at radius 2 is 2.04 bits per heavy atom. The summed E-state index contributed by atoms with van der Waals surface area (Å²) in [5.41, 5.74) is 2.27. The highest BCUT2D eigenvalue weighted by Crippen LogP contribution is 2.53. The second-order valence-corrected chi connectivity index (χ2v) is 7.06. The predicted molar refractivity (Wildman–Crippen MR) is 90.2 cm³/mol. The second kappa shape index (κ2) is 6.04. The molecule has 0 unspecified atom stereocenters. The molecule has 1 N–H and O–H groups in total. The third kappa shape index (κ3) is 2.95. The number of ether oxygens (including phenoxy) is 2. The quantitative estimate of drug-likeness (QED) is 0.868. The fraction of sp³-hybridized carbons (Fsp3) is 0.526. The van der Waals surface area contributed by atoms with Crippen molar-refractivity contribution in [2.45, 2.75) is 56.5 Å². The average Bonchev–Trinajstić information content (AvgIpc) is 2.97. The molecule has 1 aromatic carbocycles. The number of allylic oxidation sites excluding steroid dienone is 1. The topological polar surface area (TPSA) is 61.7 Å². The molecule has 4 rings (SSSR count). The first-order chi connectivity index (χ1) is 11.7. The van der Waals surface area contributed by atoms with Crippen LogP contribution < -0.4 is 20.1 Å². The highest BCUT2D eigenvalue weighted by Gasteiger charge is 2.45. The van der Waals surface area contributed by atoms with E-state index in [0.717, 1.165) is 49.3 Å². The number of urea groups is 1. The molecule has 1 heterocycles. The van der Waals surface area contributed by atoms with Gasteiger partial charge in [0.15, 0.2) is 11.5 Å². The molecular formula is C19H23N2O3. The van der Waals surface area contributed by atoms with Gasteiger partial charge in [-0.2, -0.15) is 5.32 Å². The van der Waals surface area contributed by atoms with E-state index < -0.39 is 0 Å². The summed E-state index contributed by atoms with van der Waals surface area (Å²) in [5, 5.41) is 6.60. The van der Waals surface area contributed by atoms with Gasteiger partial charge in [-0.25, -0.2) is 4.79 Å². The molecule has 0 aromatic heterocycles. The van der Waals surface area contributed by atoms with Gasteiger partial charge in [-0.1, -0.05) is 6.07 Å². The lowest BCUT2D eigenvalue weighted by molar-refractivity contribution is 0.200. The largest absolute Gasteiger partial charge is 0.493 e. The number of methoxy groups -OCH3 is 1.